The zero-order valence-electron chi connectivity index (χ0n) is 21.6. The van der Waals surface area contributed by atoms with Gasteiger partial charge in [-0.3, -0.25) is 4.79 Å². The van der Waals surface area contributed by atoms with Gasteiger partial charge in [0, 0.05) is 18.9 Å². The molecule has 1 rings (SSSR count). The number of carbonyl (C=O) groups is 1. The third kappa shape index (κ3) is 17.9. The third-order valence-electron chi connectivity index (χ3n) is 6.57. The van der Waals surface area contributed by atoms with E-state index < -0.39 is 0 Å². The first-order valence-electron chi connectivity index (χ1n) is 14.1. The molecule has 1 fully saturated rings. The smallest absolute Gasteiger partial charge is 0.305 e. The van der Waals surface area contributed by atoms with Crippen LogP contribution in [0.4, 0.5) is 0 Å². The summed E-state index contributed by atoms with van der Waals surface area (Å²) >= 11 is 0. The Bertz CT molecular complexity index is 412. The highest BCUT2D eigenvalue weighted by molar-refractivity contribution is 5.69. The van der Waals surface area contributed by atoms with Gasteiger partial charge in [0.25, 0.3) is 0 Å². The third-order valence-corrected chi connectivity index (χ3v) is 6.57. The van der Waals surface area contributed by atoms with Crippen LogP contribution in [0.5, 0.6) is 0 Å². The molecular weight excluding hydrogens is 400 g/mol. The van der Waals surface area contributed by atoms with Gasteiger partial charge in [-0.1, -0.05) is 110 Å². The predicted molar refractivity (Wildman–Crippen MR) is 134 cm³/mol. The van der Waals surface area contributed by atoms with Crippen molar-refractivity contribution in [2.45, 2.75) is 142 Å². The van der Waals surface area contributed by atoms with E-state index in [4.69, 9.17) is 14.2 Å². The number of carbonyl (C=O) groups excluding carboxylic acids is 1. The van der Waals surface area contributed by atoms with Crippen molar-refractivity contribution in [3.05, 3.63) is 0 Å². The van der Waals surface area contributed by atoms with Gasteiger partial charge in [-0.25, -0.2) is 0 Å². The van der Waals surface area contributed by atoms with E-state index in [1.807, 2.05) is 0 Å². The summed E-state index contributed by atoms with van der Waals surface area (Å²) in [4.78, 5) is 11.7. The van der Waals surface area contributed by atoms with Crippen LogP contribution in [0.15, 0.2) is 0 Å². The van der Waals surface area contributed by atoms with Crippen molar-refractivity contribution >= 4 is 5.97 Å². The minimum absolute atomic E-state index is 0.0554. The molecule has 0 N–H and O–H groups in total. The molecular formula is C28H54O4. The Morgan fingerprint density at radius 1 is 0.719 bits per heavy atom. The Kier molecular flexibility index (Phi) is 20.4. The highest BCUT2D eigenvalue weighted by Crippen LogP contribution is 2.21. The molecule has 1 heterocycles. The second kappa shape index (κ2) is 22.2. The van der Waals surface area contributed by atoms with E-state index in [9.17, 15) is 4.79 Å². The molecule has 2 atom stereocenters. The fourth-order valence-corrected chi connectivity index (χ4v) is 4.44. The molecule has 2 unspecified atom stereocenters. The van der Waals surface area contributed by atoms with E-state index in [0.717, 1.165) is 45.5 Å². The van der Waals surface area contributed by atoms with E-state index in [0.29, 0.717) is 18.9 Å². The number of ether oxygens (including phenoxy) is 3. The van der Waals surface area contributed by atoms with Crippen LogP contribution in [0.25, 0.3) is 0 Å². The quantitative estimate of drug-likeness (QED) is 0.116. The van der Waals surface area contributed by atoms with Crippen LogP contribution in [0, 0.1) is 5.92 Å². The molecule has 190 valence electrons. The summed E-state index contributed by atoms with van der Waals surface area (Å²) in [6.45, 7) is 7.20. The Morgan fingerprint density at radius 2 is 1.25 bits per heavy atom. The van der Waals surface area contributed by atoms with Gasteiger partial charge in [-0.2, -0.15) is 0 Å². The lowest BCUT2D eigenvalue weighted by Gasteiger charge is -2.11. The van der Waals surface area contributed by atoms with Gasteiger partial charge < -0.3 is 14.2 Å². The first kappa shape index (κ1) is 29.4. The van der Waals surface area contributed by atoms with E-state index in [2.05, 4.69) is 13.8 Å². The number of rotatable bonds is 23. The van der Waals surface area contributed by atoms with Crippen LogP contribution in [-0.4, -0.2) is 38.5 Å². The van der Waals surface area contributed by atoms with Crippen molar-refractivity contribution in [1.82, 2.24) is 0 Å². The Morgan fingerprint density at radius 3 is 1.84 bits per heavy atom. The highest BCUT2D eigenvalue weighted by atomic mass is 16.6. The van der Waals surface area contributed by atoms with E-state index in [1.54, 1.807) is 0 Å². The number of hydrogen-bond acceptors (Lipinski definition) is 4. The molecule has 4 nitrogen and oxygen atoms in total. The summed E-state index contributed by atoms with van der Waals surface area (Å²) in [5, 5.41) is 0. The summed E-state index contributed by atoms with van der Waals surface area (Å²) < 4.78 is 17.0. The summed E-state index contributed by atoms with van der Waals surface area (Å²) in [6.07, 6.45) is 24.1. The maximum Gasteiger partial charge on any atom is 0.305 e. The number of hydrogen-bond donors (Lipinski definition) is 0. The van der Waals surface area contributed by atoms with Crippen molar-refractivity contribution in [3.63, 3.8) is 0 Å². The van der Waals surface area contributed by atoms with Crippen LogP contribution >= 0.6 is 0 Å². The molecule has 1 aliphatic rings. The van der Waals surface area contributed by atoms with Gasteiger partial charge in [0.05, 0.1) is 19.3 Å². The van der Waals surface area contributed by atoms with Crippen molar-refractivity contribution in [3.8, 4) is 0 Å². The van der Waals surface area contributed by atoms with Crippen LogP contribution < -0.4 is 0 Å². The Hall–Kier alpha value is -0.610. The van der Waals surface area contributed by atoms with Crippen LogP contribution in [0.2, 0.25) is 0 Å². The van der Waals surface area contributed by atoms with Gasteiger partial charge in [0.2, 0.25) is 0 Å². The summed E-state index contributed by atoms with van der Waals surface area (Å²) in [6, 6.07) is 0. The fourth-order valence-electron chi connectivity index (χ4n) is 4.44. The lowest BCUT2D eigenvalue weighted by Crippen LogP contribution is -2.18. The van der Waals surface area contributed by atoms with Crippen LogP contribution in [0.3, 0.4) is 0 Å². The molecule has 1 saturated heterocycles. The van der Waals surface area contributed by atoms with Crippen molar-refractivity contribution in [1.29, 1.82) is 0 Å². The topological polar surface area (TPSA) is 44.8 Å². The molecule has 0 saturated carbocycles. The molecule has 0 aromatic heterocycles. The highest BCUT2D eigenvalue weighted by Gasteiger charge is 2.26. The van der Waals surface area contributed by atoms with Crippen molar-refractivity contribution in [2.75, 3.05) is 26.4 Å². The second-order valence-electron chi connectivity index (χ2n) is 9.87. The van der Waals surface area contributed by atoms with Gasteiger partial charge in [0.1, 0.15) is 6.61 Å². The van der Waals surface area contributed by atoms with E-state index in [-0.39, 0.29) is 12.1 Å². The molecule has 0 aliphatic carbocycles. The normalized spacial score (nSPS) is 18.3. The maximum absolute atomic E-state index is 11.7. The standard InChI is InChI=1S/C28H54O4/c1-3-5-7-8-9-10-11-12-13-14-15-16-17-19-21-30-23-26-22-27(31-24-26)25-32-28(29)20-18-6-4-2/h26-27H,3-25H2,1-2H3. The zero-order valence-corrected chi connectivity index (χ0v) is 21.6. The summed E-state index contributed by atoms with van der Waals surface area (Å²) in [5.41, 5.74) is 0. The first-order chi connectivity index (χ1) is 15.8. The van der Waals surface area contributed by atoms with Gasteiger partial charge in [-0.15, -0.1) is 0 Å². The lowest BCUT2D eigenvalue weighted by atomic mass is 10.0. The zero-order chi connectivity index (χ0) is 23.1. The average molecular weight is 455 g/mol. The average Bonchev–Trinajstić information content (AvgIpc) is 3.25. The van der Waals surface area contributed by atoms with Gasteiger partial charge in [-0.05, 0) is 19.3 Å². The maximum atomic E-state index is 11.7. The molecule has 0 radical (unpaired) electrons. The van der Waals surface area contributed by atoms with Crippen LogP contribution in [-0.2, 0) is 19.0 Å². The van der Waals surface area contributed by atoms with Crippen molar-refractivity contribution in [2.24, 2.45) is 5.92 Å². The van der Waals surface area contributed by atoms with Gasteiger partial charge in [0.15, 0.2) is 0 Å². The second-order valence-corrected chi connectivity index (χ2v) is 9.87. The SMILES string of the molecule is CCCCCCCCCCCCCCCCOCC1COC(COC(=O)CCCCC)C1. The molecule has 1 aliphatic heterocycles. The monoisotopic (exact) mass is 454 g/mol. The molecule has 0 bridgehead atoms. The molecule has 0 amide bonds. The Labute approximate surface area is 199 Å². The first-order valence-corrected chi connectivity index (χ1v) is 14.1. The fraction of sp³-hybridized carbons (Fsp3) is 0.964. The number of unbranched alkanes of at least 4 members (excludes halogenated alkanes) is 15. The molecule has 0 aromatic rings. The predicted octanol–water partition coefficient (Wildman–Crippen LogP) is 8.01. The van der Waals surface area contributed by atoms with E-state index >= 15 is 0 Å². The number of esters is 1. The summed E-state index contributed by atoms with van der Waals surface area (Å²) in [7, 11) is 0. The van der Waals surface area contributed by atoms with Gasteiger partial charge >= 0.3 is 5.97 Å². The largest absolute Gasteiger partial charge is 0.463 e. The lowest BCUT2D eigenvalue weighted by molar-refractivity contribution is -0.147. The minimum atomic E-state index is -0.0837. The van der Waals surface area contributed by atoms with E-state index in [1.165, 1.54) is 89.9 Å². The van der Waals surface area contributed by atoms with Crippen molar-refractivity contribution < 1.29 is 19.0 Å². The minimum Gasteiger partial charge on any atom is -0.463 e. The summed E-state index contributed by atoms with van der Waals surface area (Å²) in [5.74, 6) is 0.366. The molecule has 0 spiro atoms. The molecule has 32 heavy (non-hydrogen) atoms. The molecule has 4 heteroatoms. The Balaban J connectivity index is 1.79. The molecule has 0 aromatic carbocycles. The van der Waals surface area contributed by atoms with Crippen LogP contribution in [0.1, 0.15) is 136 Å².